The van der Waals surface area contributed by atoms with Crippen LogP contribution in [0.4, 0.5) is 0 Å². The highest BCUT2D eigenvalue weighted by atomic mass is 79.9. The van der Waals surface area contributed by atoms with Crippen LogP contribution in [0.3, 0.4) is 0 Å². The van der Waals surface area contributed by atoms with E-state index in [1.54, 1.807) is 18.2 Å². The van der Waals surface area contributed by atoms with Crippen LogP contribution in [0.5, 0.6) is 11.5 Å². The van der Waals surface area contributed by atoms with Crippen LogP contribution in [0, 0.1) is 0 Å². The fourth-order valence-corrected chi connectivity index (χ4v) is 2.22. The molecule has 0 amide bonds. The largest absolute Gasteiger partial charge is 0.493 e. The third kappa shape index (κ3) is 4.33. The molecule has 0 aliphatic heterocycles. The first-order valence-electron chi connectivity index (χ1n) is 6.83. The molecule has 0 aromatic heterocycles. The fourth-order valence-electron chi connectivity index (χ4n) is 1.82. The smallest absolute Gasteiger partial charge is 0.153 e. The molecule has 2 rings (SSSR count). The SMILES string of the molecule is CCCOc1ccc(C=O)c(OCc2ccccc2Br)c1. The van der Waals surface area contributed by atoms with Crippen molar-refractivity contribution in [1.82, 2.24) is 0 Å². The molecule has 0 bridgehead atoms. The molecule has 0 atom stereocenters. The van der Waals surface area contributed by atoms with Crippen molar-refractivity contribution in [2.45, 2.75) is 20.0 Å². The monoisotopic (exact) mass is 348 g/mol. The van der Waals surface area contributed by atoms with Gasteiger partial charge in [-0.3, -0.25) is 4.79 Å². The topological polar surface area (TPSA) is 35.5 Å². The first-order chi connectivity index (χ1) is 10.2. The van der Waals surface area contributed by atoms with Gasteiger partial charge in [-0.2, -0.15) is 0 Å². The number of carbonyl (C=O) groups excluding carboxylic acids is 1. The molecule has 0 spiro atoms. The van der Waals surface area contributed by atoms with Crippen LogP contribution in [0.1, 0.15) is 29.3 Å². The maximum atomic E-state index is 11.1. The molecule has 21 heavy (non-hydrogen) atoms. The van der Waals surface area contributed by atoms with Crippen LogP contribution < -0.4 is 9.47 Å². The van der Waals surface area contributed by atoms with E-state index in [-0.39, 0.29) is 0 Å². The van der Waals surface area contributed by atoms with Gasteiger partial charge in [0.05, 0.1) is 12.2 Å². The number of hydrogen-bond donors (Lipinski definition) is 0. The molecule has 2 aromatic carbocycles. The first kappa shape index (κ1) is 15.6. The van der Waals surface area contributed by atoms with E-state index < -0.39 is 0 Å². The zero-order valence-corrected chi connectivity index (χ0v) is 13.4. The quantitative estimate of drug-likeness (QED) is 0.684. The lowest BCUT2D eigenvalue weighted by molar-refractivity contribution is 0.111. The number of carbonyl (C=O) groups is 1. The summed E-state index contributed by atoms with van der Waals surface area (Å²) in [5, 5.41) is 0. The molecule has 0 aliphatic rings. The highest BCUT2D eigenvalue weighted by Gasteiger charge is 2.07. The Kier molecular flexibility index (Phi) is 5.81. The summed E-state index contributed by atoms with van der Waals surface area (Å²) in [4.78, 5) is 11.1. The van der Waals surface area contributed by atoms with Gasteiger partial charge in [0, 0.05) is 16.1 Å². The predicted molar refractivity (Wildman–Crippen MR) is 86.1 cm³/mol. The normalized spacial score (nSPS) is 10.2. The number of benzene rings is 2. The summed E-state index contributed by atoms with van der Waals surface area (Å²) in [5.41, 5.74) is 1.54. The zero-order valence-electron chi connectivity index (χ0n) is 11.8. The second kappa shape index (κ2) is 7.84. The Bertz CT molecular complexity index is 611. The molecular weight excluding hydrogens is 332 g/mol. The molecule has 4 heteroatoms. The van der Waals surface area contributed by atoms with Gasteiger partial charge in [-0.1, -0.05) is 41.1 Å². The highest BCUT2D eigenvalue weighted by Crippen LogP contribution is 2.26. The van der Waals surface area contributed by atoms with E-state index in [4.69, 9.17) is 9.47 Å². The van der Waals surface area contributed by atoms with Crippen LogP contribution in [-0.4, -0.2) is 12.9 Å². The molecule has 2 aromatic rings. The molecule has 110 valence electrons. The van der Waals surface area contributed by atoms with Crippen molar-refractivity contribution < 1.29 is 14.3 Å². The zero-order chi connectivity index (χ0) is 15.1. The molecule has 0 heterocycles. The summed E-state index contributed by atoms with van der Waals surface area (Å²) in [6.45, 7) is 3.08. The van der Waals surface area contributed by atoms with Gasteiger partial charge in [0.1, 0.15) is 18.1 Å². The standard InChI is InChI=1S/C17H17BrO3/c1-2-9-20-15-8-7-13(11-19)17(10-15)21-12-14-5-3-4-6-16(14)18/h3-8,10-11H,2,9,12H2,1H3. The van der Waals surface area contributed by atoms with Crippen molar-refractivity contribution in [3.63, 3.8) is 0 Å². The van der Waals surface area contributed by atoms with E-state index in [9.17, 15) is 4.79 Å². The van der Waals surface area contributed by atoms with Crippen molar-refractivity contribution in [1.29, 1.82) is 0 Å². The maximum Gasteiger partial charge on any atom is 0.153 e. The Balaban J connectivity index is 2.13. The highest BCUT2D eigenvalue weighted by molar-refractivity contribution is 9.10. The minimum atomic E-state index is 0.388. The van der Waals surface area contributed by atoms with Crippen LogP contribution in [0.15, 0.2) is 46.9 Å². The Morgan fingerprint density at radius 3 is 2.67 bits per heavy atom. The molecule has 0 saturated heterocycles. The van der Waals surface area contributed by atoms with Crippen molar-refractivity contribution in [2.24, 2.45) is 0 Å². The van der Waals surface area contributed by atoms with Gasteiger partial charge in [0.25, 0.3) is 0 Å². The molecule has 3 nitrogen and oxygen atoms in total. The van der Waals surface area contributed by atoms with E-state index >= 15 is 0 Å². The van der Waals surface area contributed by atoms with E-state index in [2.05, 4.69) is 15.9 Å². The van der Waals surface area contributed by atoms with Gasteiger partial charge >= 0.3 is 0 Å². The van der Waals surface area contributed by atoms with Crippen molar-refractivity contribution >= 4 is 22.2 Å². The number of rotatable bonds is 7. The van der Waals surface area contributed by atoms with E-state index in [1.807, 2.05) is 31.2 Å². The number of ether oxygens (including phenoxy) is 2. The van der Waals surface area contributed by atoms with Crippen molar-refractivity contribution in [3.05, 3.63) is 58.1 Å². The van der Waals surface area contributed by atoms with Gasteiger partial charge in [-0.15, -0.1) is 0 Å². The average molecular weight is 349 g/mol. The summed E-state index contributed by atoms with van der Waals surface area (Å²) < 4.78 is 12.3. The lowest BCUT2D eigenvalue weighted by Crippen LogP contribution is -2.01. The number of halogens is 1. The minimum Gasteiger partial charge on any atom is -0.493 e. The molecule has 0 aliphatic carbocycles. The Labute approximate surface area is 133 Å². The summed E-state index contributed by atoms with van der Waals surface area (Å²) in [7, 11) is 0. The molecule has 0 unspecified atom stereocenters. The molecular formula is C17H17BrO3. The molecule has 0 fully saturated rings. The Morgan fingerprint density at radius 1 is 1.14 bits per heavy atom. The lowest BCUT2D eigenvalue weighted by atomic mass is 10.2. The van der Waals surface area contributed by atoms with Crippen molar-refractivity contribution in [2.75, 3.05) is 6.61 Å². The van der Waals surface area contributed by atoms with Crippen LogP contribution in [-0.2, 0) is 6.61 Å². The third-order valence-electron chi connectivity index (χ3n) is 2.93. The summed E-state index contributed by atoms with van der Waals surface area (Å²) in [5.74, 6) is 1.25. The van der Waals surface area contributed by atoms with Gasteiger partial charge in [-0.05, 0) is 24.6 Å². The second-order valence-corrected chi connectivity index (χ2v) is 5.40. The van der Waals surface area contributed by atoms with Gasteiger partial charge in [0.2, 0.25) is 0 Å². The average Bonchev–Trinajstić information content (AvgIpc) is 2.52. The third-order valence-corrected chi connectivity index (χ3v) is 3.70. The maximum absolute atomic E-state index is 11.1. The second-order valence-electron chi connectivity index (χ2n) is 4.55. The first-order valence-corrected chi connectivity index (χ1v) is 7.62. The van der Waals surface area contributed by atoms with Crippen LogP contribution in [0.2, 0.25) is 0 Å². The summed E-state index contributed by atoms with van der Waals surface area (Å²) >= 11 is 3.48. The predicted octanol–water partition coefficient (Wildman–Crippen LogP) is 4.63. The molecule has 0 radical (unpaired) electrons. The van der Waals surface area contributed by atoms with Crippen LogP contribution >= 0.6 is 15.9 Å². The number of aldehydes is 1. The van der Waals surface area contributed by atoms with Crippen LogP contribution in [0.25, 0.3) is 0 Å². The van der Waals surface area contributed by atoms with Gasteiger partial charge < -0.3 is 9.47 Å². The van der Waals surface area contributed by atoms with E-state index in [0.29, 0.717) is 30.3 Å². The Hall–Kier alpha value is -1.81. The minimum absolute atomic E-state index is 0.388. The van der Waals surface area contributed by atoms with Gasteiger partial charge in [0.15, 0.2) is 6.29 Å². The summed E-state index contributed by atoms with van der Waals surface area (Å²) in [6.07, 6.45) is 1.72. The van der Waals surface area contributed by atoms with E-state index in [1.165, 1.54) is 0 Å². The van der Waals surface area contributed by atoms with Crippen molar-refractivity contribution in [3.8, 4) is 11.5 Å². The number of hydrogen-bond acceptors (Lipinski definition) is 3. The Morgan fingerprint density at radius 2 is 1.95 bits per heavy atom. The van der Waals surface area contributed by atoms with Gasteiger partial charge in [-0.25, -0.2) is 0 Å². The molecule has 0 saturated carbocycles. The summed E-state index contributed by atoms with van der Waals surface area (Å²) in [6, 6.07) is 13.1. The van der Waals surface area contributed by atoms with E-state index in [0.717, 1.165) is 22.7 Å². The fraction of sp³-hybridized carbons (Fsp3) is 0.235. The lowest BCUT2D eigenvalue weighted by Gasteiger charge is -2.12. The molecule has 0 N–H and O–H groups in total.